The van der Waals surface area contributed by atoms with E-state index in [-0.39, 0.29) is 5.91 Å². The number of aliphatic imine (C=N–C) groups is 1. The highest BCUT2D eigenvalue weighted by molar-refractivity contribution is 9.11. The summed E-state index contributed by atoms with van der Waals surface area (Å²) in [4.78, 5) is 20.6. The lowest BCUT2D eigenvalue weighted by molar-refractivity contribution is -0.122. The monoisotopic (exact) mass is 662 g/mol. The van der Waals surface area contributed by atoms with E-state index in [1.54, 1.807) is 12.0 Å². The minimum Gasteiger partial charge on any atom is -0.493 e. The molecule has 0 spiro atoms. The molecular formula is C31H24Br2N2O3S. The second-order valence-electron chi connectivity index (χ2n) is 8.65. The second-order valence-corrected chi connectivity index (χ2v) is 11.4. The maximum absolute atomic E-state index is 13.5. The van der Waals surface area contributed by atoms with Gasteiger partial charge in [-0.05, 0) is 65.4 Å². The van der Waals surface area contributed by atoms with E-state index < -0.39 is 0 Å². The highest BCUT2D eigenvalue weighted by atomic mass is 79.9. The van der Waals surface area contributed by atoms with E-state index in [2.05, 4.69) is 31.9 Å². The largest absolute Gasteiger partial charge is 0.493 e. The van der Waals surface area contributed by atoms with Crippen molar-refractivity contribution in [2.75, 3.05) is 7.11 Å². The van der Waals surface area contributed by atoms with Gasteiger partial charge in [0.25, 0.3) is 5.91 Å². The lowest BCUT2D eigenvalue weighted by atomic mass is 10.1. The number of amidine groups is 1. The molecule has 1 aliphatic rings. The smallest absolute Gasteiger partial charge is 0.267 e. The highest BCUT2D eigenvalue weighted by Crippen LogP contribution is 2.37. The Morgan fingerprint density at radius 3 is 2.36 bits per heavy atom. The SMILES string of the molecule is COc1cc(/C=C2\SC(=Nc3ccccc3)N(Cc3ccccc3)C2=O)ccc1OCc1ccc(Br)cc1Br. The molecule has 4 aromatic rings. The summed E-state index contributed by atoms with van der Waals surface area (Å²) in [6.45, 7) is 0.824. The van der Waals surface area contributed by atoms with Crippen molar-refractivity contribution in [3.05, 3.63) is 128 Å². The van der Waals surface area contributed by atoms with Crippen molar-refractivity contribution in [1.82, 2.24) is 4.90 Å². The van der Waals surface area contributed by atoms with Crippen LogP contribution in [0.25, 0.3) is 6.08 Å². The van der Waals surface area contributed by atoms with Crippen molar-refractivity contribution in [3.63, 3.8) is 0 Å². The van der Waals surface area contributed by atoms with E-state index in [0.717, 1.165) is 31.3 Å². The van der Waals surface area contributed by atoms with Gasteiger partial charge in [0.05, 0.1) is 24.2 Å². The number of benzene rings is 4. The fraction of sp³-hybridized carbons (Fsp3) is 0.0968. The fourth-order valence-electron chi connectivity index (χ4n) is 3.95. The standard InChI is InChI=1S/C31H24Br2N2O3S/c1-37-28-16-22(12-15-27(28)38-20-23-13-14-24(32)18-26(23)33)17-29-30(36)35(19-21-8-4-2-5-9-21)31(39-29)34-25-10-6-3-7-11-25/h2-18H,19-20H2,1H3/b29-17-,34-31?. The zero-order chi connectivity index (χ0) is 27.2. The molecule has 0 saturated carbocycles. The number of nitrogens with zero attached hydrogens (tertiary/aromatic N) is 2. The minimum atomic E-state index is -0.0853. The van der Waals surface area contributed by atoms with Crippen LogP contribution >= 0.6 is 43.6 Å². The zero-order valence-corrected chi connectivity index (χ0v) is 25.0. The van der Waals surface area contributed by atoms with E-state index >= 15 is 0 Å². The van der Waals surface area contributed by atoms with Gasteiger partial charge in [0.2, 0.25) is 0 Å². The van der Waals surface area contributed by atoms with Gasteiger partial charge in [0.15, 0.2) is 16.7 Å². The molecule has 0 bridgehead atoms. The van der Waals surface area contributed by atoms with Gasteiger partial charge in [-0.2, -0.15) is 0 Å². The number of methoxy groups -OCH3 is 1. The number of carbonyl (C=O) groups is 1. The minimum absolute atomic E-state index is 0.0853. The number of thioether (sulfide) groups is 1. The van der Waals surface area contributed by atoms with E-state index in [1.165, 1.54) is 11.8 Å². The molecule has 0 N–H and O–H groups in total. The number of para-hydroxylation sites is 1. The predicted octanol–water partition coefficient (Wildman–Crippen LogP) is 8.60. The first-order valence-corrected chi connectivity index (χ1v) is 14.5. The molecule has 196 valence electrons. The van der Waals surface area contributed by atoms with Gasteiger partial charge >= 0.3 is 0 Å². The Hall–Kier alpha value is -3.33. The molecule has 0 atom stereocenters. The van der Waals surface area contributed by atoms with Gasteiger partial charge in [-0.15, -0.1) is 0 Å². The Bertz CT molecular complexity index is 1540. The van der Waals surface area contributed by atoms with Crippen molar-refractivity contribution in [3.8, 4) is 11.5 Å². The number of ether oxygens (including phenoxy) is 2. The molecule has 8 heteroatoms. The molecule has 0 aromatic heterocycles. The zero-order valence-electron chi connectivity index (χ0n) is 21.0. The third kappa shape index (κ3) is 6.82. The molecule has 1 heterocycles. The highest BCUT2D eigenvalue weighted by Gasteiger charge is 2.33. The molecule has 5 nitrogen and oxygen atoms in total. The van der Waals surface area contributed by atoms with Gasteiger partial charge < -0.3 is 9.47 Å². The van der Waals surface area contributed by atoms with E-state index in [1.807, 2.05) is 103 Å². The molecule has 39 heavy (non-hydrogen) atoms. The molecule has 0 radical (unpaired) electrons. The molecule has 1 saturated heterocycles. The summed E-state index contributed by atoms with van der Waals surface area (Å²) >= 11 is 8.42. The Labute approximate surface area is 248 Å². The lowest BCUT2D eigenvalue weighted by Gasteiger charge is -2.15. The van der Waals surface area contributed by atoms with Crippen LogP contribution in [-0.2, 0) is 17.9 Å². The first kappa shape index (κ1) is 27.2. The summed E-state index contributed by atoms with van der Waals surface area (Å²) in [5.41, 5.74) is 3.69. The van der Waals surface area contributed by atoms with Crippen molar-refractivity contribution >= 4 is 66.5 Å². The molecule has 0 aliphatic carbocycles. The number of rotatable bonds is 8. The van der Waals surface area contributed by atoms with Crippen LogP contribution < -0.4 is 9.47 Å². The van der Waals surface area contributed by atoms with Crippen LogP contribution in [0.5, 0.6) is 11.5 Å². The molecule has 0 unspecified atom stereocenters. The number of hydrogen-bond donors (Lipinski definition) is 0. The fourth-order valence-corrected chi connectivity index (χ4v) is 6.11. The molecule has 1 aliphatic heterocycles. The summed E-state index contributed by atoms with van der Waals surface area (Å²) in [6.07, 6.45) is 1.87. The molecule has 1 fully saturated rings. The molecular weight excluding hydrogens is 640 g/mol. The average molecular weight is 664 g/mol. The van der Waals surface area contributed by atoms with Gasteiger partial charge in [-0.3, -0.25) is 9.69 Å². The first-order valence-electron chi connectivity index (χ1n) is 12.1. The number of halogens is 2. The van der Waals surface area contributed by atoms with Gasteiger partial charge in [-0.25, -0.2) is 4.99 Å². The van der Waals surface area contributed by atoms with E-state index in [0.29, 0.717) is 34.7 Å². The topological polar surface area (TPSA) is 51.1 Å². The van der Waals surface area contributed by atoms with Crippen molar-refractivity contribution in [1.29, 1.82) is 0 Å². The van der Waals surface area contributed by atoms with Gasteiger partial charge in [0, 0.05) is 14.5 Å². The van der Waals surface area contributed by atoms with Crippen LogP contribution in [-0.4, -0.2) is 23.1 Å². The average Bonchev–Trinajstić information content (AvgIpc) is 3.22. The Morgan fingerprint density at radius 1 is 0.897 bits per heavy atom. The van der Waals surface area contributed by atoms with Crippen LogP contribution in [0.2, 0.25) is 0 Å². The second kappa shape index (κ2) is 12.7. The van der Waals surface area contributed by atoms with Crippen molar-refractivity contribution in [2.45, 2.75) is 13.2 Å². The van der Waals surface area contributed by atoms with Gasteiger partial charge in [0.1, 0.15) is 6.61 Å². The molecule has 5 rings (SSSR count). The maximum Gasteiger partial charge on any atom is 0.267 e. The molecule has 4 aromatic carbocycles. The van der Waals surface area contributed by atoms with Gasteiger partial charge in [-0.1, -0.05) is 92.5 Å². The Kier molecular flexibility index (Phi) is 8.86. The number of amides is 1. The number of carbonyl (C=O) groups excluding carboxylic acids is 1. The third-order valence-electron chi connectivity index (χ3n) is 5.94. The van der Waals surface area contributed by atoms with Crippen molar-refractivity contribution in [2.24, 2.45) is 4.99 Å². The molecule has 1 amide bonds. The summed E-state index contributed by atoms with van der Waals surface area (Å²) in [5.74, 6) is 1.13. The van der Waals surface area contributed by atoms with Crippen LogP contribution in [0.1, 0.15) is 16.7 Å². The van der Waals surface area contributed by atoms with E-state index in [4.69, 9.17) is 14.5 Å². The van der Waals surface area contributed by atoms with Crippen molar-refractivity contribution < 1.29 is 14.3 Å². The summed E-state index contributed by atoms with van der Waals surface area (Å²) in [7, 11) is 1.61. The number of hydrogen-bond acceptors (Lipinski definition) is 5. The van der Waals surface area contributed by atoms with Crippen LogP contribution in [0.3, 0.4) is 0 Å². The summed E-state index contributed by atoms with van der Waals surface area (Å²) < 4.78 is 13.6. The Morgan fingerprint density at radius 2 is 1.64 bits per heavy atom. The lowest BCUT2D eigenvalue weighted by Crippen LogP contribution is -2.28. The van der Waals surface area contributed by atoms with E-state index in [9.17, 15) is 4.79 Å². The third-order valence-corrected chi connectivity index (χ3v) is 8.17. The summed E-state index contributed by atoms with van der Waals surface area (Å²) in [6, 6.07) is 31.2. The Balaban J connectivity index is 1.39. The first-order chi connectivity index (χ1) is 19.0. The van der Waals surface area contributed by atoms with Crippen LogP contribution in [0, 0.1) is 0 Å². The quantitative estimate of drug-likeness (QED) is 0.177. The van der Waals surface area contributed by atoms with Crippen LogP contribution in [0.4, 0.5) is 5.69 Å². The normalized spacial score (nSPS) is 15.3. The predicted molar refractivity (Wildman–Crippen MR) is 165 cm³/mol. The maximum atomic E-state index is 13.5. The summed E-state index contributed by atoms with van der Waals surface area (Å²) in [5, 5.41) is 0.647. The van der Waals surface area contributed by atoms with Crippen LogP contribution in [0.15, 0.2) is 116 Å².